The van der Waals surface area contributed by atoms with Crippen LogP contribution in [0.2, 0.25) is 0 Å². The molecule has 0 bridgehead atoms. The largest absolute Gasteiger partial charge is 0.377 e. The van der Waals surface area contributed by atoms with Gasteiger partial charge in [0.15, 0.2) is 0 Å². The van der Waals surface area contributed by atoms with E-state index in [2.05, 4.69) is 10.4 Å². The van der Waals surface area contributed by atoms with Gasteiger partial charge in [-0.15, -0.1) is 0 Å². The number of amides is 1. The zero-order valence-corrected chi connectivity index (χ0v) is 10.7. The van der Waals surface area contributed by atoms with Crippen molar-refractivity contribution >= 4 is 5.91 Å². The highest BCUT2D eigenvalue weighted by Gasteiger charge is 2.21. The Morgan fingerprint density at radius 2 is 1.88 bits per heavy atom. The molecule has 5 nitrogen and oxygen atoms in total. The average molecular weight is 229 g/mol. The van der Waals surface area contributed by atoms with Gasteiger partial charge in [-0.3, -0.25) is 10.2 Å². The Morgan fingerprint density at radius 3 is 2.31 bits per heavy atom. The maximum absolute atomic E-state index is 11.1. The van der Waals surface area contributed by atoms with Gasteiger partial charge in [-0.25, -0.2) is 5.01 Å². The van der Waals surface area contributed by atoms with Crippen molar-refractivity contribution in [3.63, 3.8) is 0 Å². The molecule has 1 saturated heterocycles. The lowest BCUT2D eigenvalue weighted by atomic mass is 10.1. The number of rotatable bonds is 4. The highest BCUT2D eigenvalue weighted by atomic mass is 16.5. The standard InChI is InChI=1S/C11H23N3O2/c1-10(15)13-5-7-14(8-6-13)12-9-11(2,3)16-4/h12H,5-9H2,1-4H3. The molecule has 0 unspecified atom stereocenters. The minimum absolute atomic E-state index is 0.155. The molecule has 0 aromatic heterocycles. The second kappa shape index (κ2) is 5.61. The lowest BCUT2D eigenvalue weighted by molar-refractivity contribution is -0.131. The van der Waals surface area contributed by atoms with Gasteiger partial charge in [0.1, 0.15) is 0 Å². The Balaban J connectivity index is 2.25. The first-order valence-electron chi connectivity index (χ1n) is 5.74. The van der Waals surface area contributed by atoms with E-state index in [4.69, 9.17) is 4.74 Å². The number of methoxy groups -OCH3 is 1. The Kier molecular flexibility index (Phi) is 4.70. The third-order valence-corrected chi connectivity index (χ3v) is 3.01. The molecule has 94 valence electrons. The van der Waals surface area contributed by atoms with E-state index in [1.165, 1.54) is 0 Å². The zero-order valence-electron chi connectivity index (χ0n) is 10.7. The van der Waals surface area contributed by atoms with E-state index in [0.29, 0.717) is 0 Å². The Hall–Kier alpha value is -0.650. The molecule has 5 heteroatoms. The van der Waals surface area contributed by atoms with Crippen molar-refractivity contribution < 1.29 is 9.53 Å². The first kappa shape index (κ1) is 13.4. The van der Waals surface area contributed by atoms with Crippen LogP contribution in [0.15, 0.2) is 0 Å². The smallest absolute Gasteiger partial charge is 0.219 e. The Bertz CT molecular complexity index is 235. The molecule has 0 saturated carbocycles. The van der Waals surface area contributed by atoms with E-state index in [0.717, 1.165) is 32.7 Å². The predicted molar refractivity (Wildman–Crippen MR) is 62.9 cm³/mol. The fourth-order valence-electron chi connectivity index (χ4n) is 1.55. The summed E-state index contributed by atoms with van der Waals surface area (Å²) < 4.78 is 5.33. The van der Waals surface area contributed by atoms with Crippen LogP contribution in [-0.4, -0.2) is 61.3 Å². The number of nitrogens with one attached hydrogen (secondary N) is 1. The number of hydrazine groups is 1. The molecule has 1 heterocycles. The maximum Gasteiger partial charge on any atom is 0.219 e. The third kappa shape index (κ3) is 4.08. The van der Waals surface area contributed by atoms with Gasteiger partial charge >= 0.3 is 0 Å². The van der Waals surface area contributed by atoms with Crippen molar-refractivity contribution in [3.8, 4) is 0 Å². The molecule has 1 fully saturated rings. The Morgan fingerprint density at radius 1 is 1.31 bits per heavy atom. The summed E-state index contributed by atoms with van der Waals surface area (Å²) >= 11 is 0. The molecule has 16 heavy (non-hydrogen) atoms. The molecule has 0 spiro atoms. The first-order valence-corrected chi connectivity index (χ1v) is 5.74. The van der Waals surface area contributed by atoms with E-state index in [-0.39, 0.29) is 11.5 Å². The van der Waals surface area contributed by atoms with Crippen molar-refractivity contribution in [2.75, 3.05) is 39.8 Å². The normalized spacial score (nSPS) is 18.9. The van der Waals surface area contributed by atoms with E-state index >= 15 is 0 Å². The van der Waals surface area contributed by atoms with E-state index in [1.54, 1.807) is 14.0 Å². The summed E-state index contributed by atoms with van der Waals surface area (Å²) in [5.41, 5.74) is 3.19. The number of carbonyl (C=O) groups is 1. The highest BCUT2D eigenvalue weighted by molar-refractivity contribution is 5.73. The lowest BCUT2D eigenvalue weighted by Crippen LogP contribution is -2.55. The van der Waals surface area contributed by atoms with E-state index in [1.807, 2.05) is 18.7 Å². The van der Waals surface area contributed by atoms with Crippen LogP contribution in [0.3, 0.4) is 0 Å². The second-order valence-electron chi connectivity index (χ2n) is 4.79. The Labute approximate surface area is 97.7 Å². The van der Waals surface area contributed by atoms with Crippen LogP contribution < -0.4 is 5.43 Å². The second-order valence-corrected chi connectivity index (χ2v) is 4.79. The summed E-state index contributed by atoms with van der Waals surface area (Å²) in [7, 11) is 1.72. The molecular weight excluding hydrogens is 206 g/mol. The number of ether oxygens (including phenoxy) is 1. The topological polar surface area (TPSA) is 44.8 Å². The van der Waals surface area contributed by atoms with Crippen LogP contribution in [0.1, 0.15) is 20.8 Å². The van der Waals surface area contributed by atoms with Gasteiger partial charge in [-0.1, -0.05) is 0 Å². The van der Waals surface area contributed by atoms with Crippen molar-refractivity contribution in [2.24, 2.45) is 0 Å². The lowest BCUT2D eigenvalue weighted by Gasteiger charge is -2.36. The molecule has 1 amide bonds. The SMILES string of the molecule is COC(C)(C)CNN1CCN(C(C)=O)CC1. The molecule has 0 aromatic rings. The summed E-state index contributed by atoms with van der Waals surface area (Å²) in [6.07, 6.45) is 0. The number of hydrogen-bond acceptors (Lipinski definition) is 4. The summed E-state index contributed by atoms with van der Waals surface area (Å²) in [6.45, 7) is 9.85. The van der Waals surface area contributed by atoms with Gasteiger partial charge in [-0.05, 0) is 13.8 Å². The van der Waals surface area contributed by atoms with Crippen molar-refractivity contribution in [1.82, 2.24) is 15.3 Å². The van der Waals surface area contributed by atoms with Gasteiger partial charge in [0.2, 0.25) is 5.91 Å². The van der Waals surface area contributed by atoms with Crippen LogP contribution in [0.5, 0.6) is 0 Å². The molecule has 0 aromatic carbocycles. The minimum Gasteiger partial charge on any atom is -0.377 e. The van der Waals surface area contributed by atoms with Gasteiger partial charge < -0.3 is 9.64 Å². The summed E-state index contributed by atoms with van der Waals surface area (Å²) in [4.78, 5) is 13.0. The summed E-state index contributed by atoms with van der Waals surface area (Å²) in [5, 5.41) is 2.15. The molecule has 0 atom stereocenters. The molecule has 1 rings (SSSR count). The molecule has 0 radical (unpaired) electrons. The summed E-state index contributed by atoms with van der Waals surface area (Å²) in [6, 6.07) is 0. The highest BCUT2D eigenvalue weighted by Crippen LogP contribution is 2.06. The minimum atomic E-state index is -0.155. The van der Waals surface area contributed by atoms with Crippen LogP contribution in [-0.2, 0) is 9.53 Å². The van der Waals surface area contributed by atoms with Crippen molar-refractivity contribution in [3.05, 3.63) is 0 Å². The third-order valence-electron chi connectivity index (χ3n) is 3.01. The molecule has 1 aliphatic rings. The van der Waals surface area contributed by atoms with Crippen LogP contribution in [0.25, 0.3) is 0 Å². The van der Waals surface area contributed by atoms with Crippen LogP contribution >= 0.6 is 0 Å². The first-order chi connectivity index (χ1) is 7.44. The summed E-state index contributed by atoms with van der Waals surface area (Å²) in [5.74, 6) is 0.164. The molecular formula is C11H23N3O2. The van der Waals surface area contributed by atoms with Crippen LogP contribution in [0.4, 0.5) is 0 Å². The maximum atomic E-state index is 11.1. The van der Waals surface area contributed by atoms with Gasteiger partial charge in [0.25, 0.3) is 0 Å². The number of carbonyl (C=O) groups excluding carboxylic acids is 1. The zero-order chi connectivity index (χ0) is 12.2. The quantitative estimate of drug-likeness (QED) is 0.741. The number of piperazine rings is 1. The molecule has 1 aliphatic heterocycles. The van der Waals surface area contributed by atoms with Crippen molar-refractivity contribution in [1.29, 1.82) is 0 Å². The fourth-order valence-corrected chi connectivity index (χ4v) is 1.55. The van der Waals surface area contributed by atoms with Gasteiger partial charge in [-0.2, -0.15) is 0 Å². The van der Waals surface area contributed by atoms with Crippen LogP contribution in [0, 0.1) is 0 Å². The van der Waals surface area contributed by atoms with Crippen molar-refractivity contribution in [2.45, 2.75) is 26.4 Å². The predicted octanol–water partition coefficient (Wildman–Crippen LogP) is 0.0801. The molecule has 0 aliphatic carbocycles. The number of hydrogen-bond donors (Lipinski definition) is 1. The average Bonchev–Trinajstić information content (AvgIpc) is 2.27. The van der Waals surface area contributed by atoms with Gasteiger partial charge in [0, 0.05) is 46.8 Å². The monoisotopic (exact) mass is 229 g/mol. The fraction of sp³-hybridized carbons (Fsp3) is 0.909. The number of nitrogens with zero attached hydrogens (tertiary/aromatic N) is 2. The van der Waals surface area contributed by atoms with E-state index < -0.39 is 0 Å². The van der Waals surface area contributed by atoms with Gasteiger partial charge in [0.05, 0.1) is 5.60 Å². The van der Waals surface area contributed by atoms with E-state index in [9.17, 15) is 4.79 Å². The molecule has 1 N–H and O–H groups in total.